The lowest BCUT2D eigenvalue weighted by Gasteiger charge is -2.16. The van der Waals surface area contributed by atoms with E-state index < -0.39 is 17.0 Å². The van der Waals surface area contributed by atoms with Gasteiger partial charge < -0.3 is 19.9 Å². The number of nitro groups is 1. The van der Waals surface area contributed by atoms with Gasteiger partial charge >= 0.3 is 5.97 Å². The number of nitro benzene ring substituents is 1. The first-order chi connectivity index (χ1) is 14.0. The van der Waals surface area contributed by atoms with E-state index in [-0.39, 0.29) is 24.4 Å². The quantitative estimate of drug-likeness (QED) is 0.341. The van der Waals surface area contributed by atoms with Crippen molar-refractivity contribution in [2.45, 2.75) is 6.10 Å². The van der Waals surface area contributed by atoms with Crippen molar-refractivity contribution in [1.82, 2.24) is 0 Å². The third-order valence-corrected chi connectivity index (χ3v) is 4.33. The number of aliphatic hydroxyl groups is 1. The predicted molar refractivity (Wildman–Crippen MR) is 108 cm³/mol. The van der Waals surface area contributed by atoms with E-state index in [1.807, 2.05) is 42.5 Å². The molecule has 0 fully saturated rings. The largest absolute Gasteiger partial charge is 0.490 e. The van der Waals surface area contributed by atoms with Crippen LogP contribution in [0.5, 0.6) is 5.75 Å². The summed E-state index contributed by atoms with van der Waals surface area (Å²) in [5.74, 6) is -0.0505. The van der Waals surface area contributed by atoms with E-state index in [2.05, 4.69) is 10.1 Å². The number of nitrogens with zero attached hydrogens (tertiary/aromatic N) is 1. The Hall–Kier alpha value is -3.65. The Morgan fingerprint density at radius 2 is 1.93 bits per heavy atom. The molecule has 0 heterocycles. The summed E-state index contributed by atoms with van der Waals surface area (Å²) in [4.78, 5) is 22.3. The second-order valence-electron chi connectivity index (χ2n) is 6.30. The Morgan fingerprint density at radius 1 is 1.17 bits per heavy atom. The molecule has 1 atom stereocenters. The van der Waals surface area contributed by atoms with Crippen LogP contribution in [0.25, 0.3) is 10.8 Å². The first-order valence-electron chi connectivity index (χ1n) is 8.89. The lowest BCUT2D eigenvalue weighted by molar-refractivity contribution is -0.384. The molecule has 29 heavy (non-hydrogen) atoms. The Labute approximate surface area is 166 Å². The number of methoxy groups -OCH3 is 1. The van der Waals surface area contributed by atoms with Gasteiger partial charge in [0.15, 0.2) is 0 Å². The summed E-state index contributed by atoms with van der Waals surface area (Å²) in [6.45, 7) is 0.105. The molecule has 0 saturated carbocycles. The lowest BCUT2D eigenvalue weighted by Crippen LogP contribution is -2.27. The van der Waals surface area contributed by atoms with Gasteiger partial charge in [-0.15, -0.1) is 0 Å². The molecule has 3 rings (SSSR count). The summed E-state index contributed by atoms with van der Waals surface area (Å²) in [7, 11) is 1.19. The average Bonchev–Trinajstić information content (AvgIpc) is 2.75. The molecule has 8 nitrogen and oxygen atoms in total. The molecule has 0 saturated heterocycles. The molecular weight excluding hydrogens is 376 g/mol. The lowest BCUT2D eigenvalue weighted by atomic mass is 10.1. The molecule has 3 aromatic rings. The van der Waals surface area contributed by atoms with Crippen molar-refractivity contribution in [3.05, 3.63) is 76.3 Å². The molecule has 0 bridgehead atoms. The second kappa shape index (κ2) is 9.03. The van der Waals surface area contributed by atoms with E-state index in [1.54, 1.807) is 0 Å². The first kappa shape index (κ1) is 20.1. The molecule has 2 N–H and O–H groups in total. The average molecular weight is 396 g/mol. The van der Waals surface area contributed by atoms with Crippen LogP contribution in [0.15, 0.2) is 60.7 Å². The molecule has 8 heteroatoms. The van der Waals surface area contributed by atoms with Gasteiger partial charge in [0.25, 0.3) is 5.69 Å². The molecular formula is C21H20N2O6. The topological polar surface area (TPSA) is 111 Å². The maximum atomic E-state index is 11.9. The molecule has 0 aromatic heterocycles. The number of benzene rings is 3. The van der Waals surface area contributed by atoms with E-state index in [1.165, 1.54) is 19.2 Å². The van der Waals surface area contributed by atoms with Crippen molar-refractivity contribution in [2.75, 3.05) is 25.6 Å². The maximum absolute atomic E-state index is 11.9. The molecule has 150 valence electrons. The maximum Gasteiger partial charge on any atom is 0.340 e. The standard InChI is InChI=1S/C21H20N2O6/c1-28-21(25)18-11-15(23(26)27)9-10-19(18)22-12-16(24)13-29-20-8-4-6-14-5-2-3-7-17(14)20/h2-11,16,22,24H,12-13H2,1H3. The monoisotopic (exact) mass is 396 g/mol. The predicted octanol–water partition coefficient (Wildman–Crippen LogP) is 3.39. The Balaban J connectivity index is 1.65. The van der Waals surface area contributed by atoms with E-state index >= 15 is 0 Å². The summed E-state index contributed by atoms with van der Waals surface area (Å²) in [5, 5.41) is 26.1. The highest BCUT2D eigenvalue weighted by atomic mass is 16.6. The van der Waals surface area contributed by atoms with Crippen molar-refractivity contribution >= 4 is 28.1 Å². The number of hydrogen-bond acceptors (Lipinski definition) is 7. The minimum atomic E-state index is -0.880. The summed E-state index contributed by atoms with van der Waals surface area (Å²) in [6, 6.07) is 17.3. The van der Waals surface area contributed by atoms with Gasteiger partial charge in [-0.25, -0.2) is 4.79 Å². The van der Waals surface area contributed by atoms with Gasteiger partial charge in [-0.2, -0.15) is 0 Å². The molecule has 1 unspecified atom stereocenters. The minimum Gasteiger partial charge on any atom is -0.490 e. The highest BCUT2D eigenvalue weighted by Gasteiger charge is 2.18. The number of fused-ring (bicyclic) bond motifs is 1. The van der Waals surface area contributed by atoms with Crippen molar-refractivity contribution < 1.29 is 24.3 Å². The van der Waals surface area contributed by atoms with Crippen LogP contribution in [0.2, 0.25) is 0 Å². The zero-order valence-corrected chi connectivity index (χ0v) is 15.7. The fraction of sp³-hybridized carbons (Fsp3) is 0.190. The number of rotatable bonds is 8. The molecule has 0 spiro atoms. The van der Waals surface area contributed by atoms with Crippen LogP contribution in [0.4, 0.5) is 11.4 Å². The zero-order valence-electron chi connectivity index (χ0n) is 15.7. The highest BCUT2D eigenvalue weighted by Crippen LogP contribution is 2.26. The molecule has 0 amide bonds. The number of aliphatic hydroxyl groups excluding tert-OH is 1. The zero-order chi connectivity index (χ0) is 20.8. The van der Waals surface area contributed by atoms with Gasteiger partial charge in [-0.1, -0.05) is 36.4 Å². The highest BCUT2D eigenvalue weighted by molar-refractivity contribution is 5.96. The van der Waals surface area contributed by atoms with Gasteiger partial charge in [0, 0.05) is 29.8 Å². The number of anilines is 1. The number of hydrogen-bond donors (Lipinski definition) is 2. The molecule has 0 aliphatic carbocycles. The van der Waals surface area contributed by atoms with Crippen LogP contribution in [-0.4, -0.2) is 42.4 Å². The van der Waals surface area contributed by atoms with Crippen molar-refractivity contribution in [3.8, 4) is 5.75 Å². The van der Waals surface area contributed by atoms with Crippen LogP contribution in [-0.2, 0) is 4.74 Å². The van der Waals surface area contributed by atoms with Gasteiger partial charge in [0.05, 0.1) is 17.6 Å². The van der Waals surface area contributed by atoms with Gasteiger partial charge in [0.1, 0.15) is 18.5 Å². The molecule has 3 aromatic carbocycles. The third-order valence-electron chi connectivity index (χ3n) is 4.33. The first-order valence-corrected chi connectivity index (χ1v) is 8.89. The van der Waals surface area contributed by atoms with Gasteiger partial charge in [0.2, 0.25) is 0 Å². The second-order valence-corrected chi connectivity index (χ2v) is 6.30. The SMILES string of the molecule is COC(=O)c1cc([N+](=O)[O-])ccc1NCC(O)COc1cccc2ccccc12. The van der Waals surface area contributed by atoms with Crippen LogP contribution >= 0.6 is 0 Å². The summed E-state index contributed by atoms with van der Waals surface area (Å²) >= 11 is 0. The van der Waals surface area contributed by atoms with Crippen molar-refractivity contribution in [3.63, 3.8) is 0 Å². The van der Waals surface area contributed by atoms with Crippen LogP contribution < -0.4 is 10.1 Å². The van der Waals surface area contributed by atoms with E-state index in [0.717, 1.165) is 16.8 Å². The van der Waals surface area contributed by atoms with Crippen LogP contribution in [0, 0.1) is 10.1 Å². The van der Waals surface area contributed by atoms with Crippen molar-refractivity contribution in [2.24, 2.45) is 0 Å². The summed E-state index contributed by atoms with van der Waals surface area (Å²) < 4.78 is 10.4. The van der Waals surface area contributed by atoms with Gasteiger partial charge in [-0.3, -0.25) is 10.1 Å². The number of non-ortho nitro benzene ring substituents is 1. The smallest absolute Gasteiger partial charge is 0.340 e. The molecule has 0 radical (unpaired) electrons. The minimum absolute atomic E-state index is 0.0175. The number of nitrogens with one attached hydrogen (secondary N) is 1. The van der Waals surface area contributed by atoms with E-state index in [4.69, 9.17) is 4.74 Å². The van der Waals surface area contributed by atoms with Crippen LogP contribution in [0.3, 0.4) is 0 Å². The Morgan fingerprint density at radius 3 is 2.69 bits per heavy atom. The number of esters is 1. The Kier molecular flexibility index (Phi) is 6.25. The third kappa shape index (κ3) is 4.80. The number of carbonyl (C=O) groups is 1. The Bertz CT molecular complexity index is 1030. The van der Waals surface area contributed by atoms with Crippen molar-refractivity contribution in [1.29, 1.82) is 0 Å². The van der Waals surface area contributed by atoms with Crippen LogP contribution in [0.1, 0.15) is 10.4 Å². The summed E-state index contributed by atoms with van der Waals surface area (Å²) in [5.41, 5.74) is 0.117. The van der Waals surface area contributed by atoms with E-state index in [0.29, 0.717) is 11.4 Å². The van der Waals surface area contributed by atoms with Gasteiger partial charge in [-0.05, 0) is 17.5 Å². The normalized spacial score (nSPS) is 11.7. The fourth-order valence-electron chi connectivity index (χ4n) is 2.87. The fourth-order valence-corrected chi connectivity index (χ4v) is 2.87. The number of ether oxygens (including phenoxy) is 2. The van der Waals surface area contributed by atoms with E-state index in [9.17, 15) is 20.0 Å². The number of carbonyl (C=O) groups excluding carboxylic acids is 1. The summed E-state index contributed by atoms with van der Waals surface area (Å²) in [6.07, 6.45) is -0.880. The molecule has 0 aliphatic rings. The molecule has 0 aliphatic heterocycles.